The summed E-state index contributed by atoms with van der Waals surface area (Å²) in [7, 11) is 0. The molecule has 2 amide bonds. The Morgan fingerprint density at radius 3 is 2.38 bits per heavy atom. The predicted octanol–water partition coefficient (Wildman–Crippen LogP) is 2.67. The van der Waals surface area contributed by atoms with Gasteiger partial charge in [-0.25, -0.2) is 0 Å². The van der Waals surface area contributed by atoms with Gasteiger partial charge in [0.05, 0.1) is 17.6 Å². The first-order valence-corrected chi connectivity index (χ1v) is 8.40. The quantitative estimate of drug-likeness (QED) is 0.750. The first-order valence-electron chi connectivity index (χ1n) is 8.40. The van der Waals surface area contributed by atoms with Crippen LogP contribution in [0, 0.1) is 11.3 Å². The molecule has 0 fully saturated rings. The summed E-state index contributed by atoms with van der Waals surface area (Å²) < 4.78 is 5.32. The smallest absolute Gasteiger partial charge is 0.276 e. The van der Waals surface area contributed by atoms with E-state index in [-0.39, 0.29) is 18.4 Å². The predicted molar refractivity (Wildman–Crippen MR) is 97.0 cm³/mol. The minimum absolute atomic E-state index is 0.240. The zero-order valence-electron chi connectivity index (χ0n) is 14.6. The summed E-state index contributed by atoms with van der Waals surface area (Å²) in [5.41, 5.74) is 6.25. The van der Waals surface area contributed by atoms with Crippen LogP contribution in [-0.2, 0) is 9.59 Å². The second-order valence-electron chi connectivity index (χ2n) is 5.71. The lowest BCUT2D eigenvalue weighted by molar-refractivity contribution is -0.130. The highest BCUT2D eigenvalue weighted by Crippen LogP contribution is 2.20. The molecule has 0 saturated carbocycles. The van der Waals surface area contributed by atoms with E-state index in [1.807, 2.05) is 43.3 Å². The average Bonchev–Trinajstić information content (AvgIpc) is 2.69. The normalized spacial score (nSPS) is 11.1. The molecule has 0 unspecified atom stereocenters. The van der Waals surface area contributed by atoms with Crippen LogP contribution in [0.25, 0.3) is 0 Å². The van der Waals surface area contributed by atoms with E-state index in [0.29, 0.717) is 17.7 Å². The van der Waals surface area contributed by atoms with Crippen molar-refractivity contribution in [1.29, 1.82) is 5.26 Å². The van der Waals surface area contributed by atoms with E-state index in [4.69, 9.17) is 10.00 Å². The lowest BCUT2D eigenvalue weighted by Gasteiger charge is -2.17. The Morgan fingerprint density at radius 1 is 1.08 bits per heavy atom. The molecule has 0 aliphatic heterocycles. The molecular formula is C20H21N3O3. The maximum Gasteiger partial charge on any atom is 0.276 e. The monoisotopic (exact) mass is 351 g/mol. The molecular weight excluding hydrogens is 330 g/mol. The van der Waals surface area contributed by atoms with Crippen molar-refractivity contribution in [3.8, 4) is 11.8 Å². The van der Waals surface area contributed by atoms with E-state index in [2.05, 4.69) is 10.9 Å². The van der Waals surface area contributed by atoms with Crippen LogP contribution in [0.1, 0.15) is 36.8 Å². The molecule has 0 aliphatic rings. The van der Waals surface area contributed by atoms with Gasteiger partial charge in [0.15, 0.2) is 6.61 Å². The van der Waals surface area contributed by atoms with Crippen LogP contribution in [-0.4, -0.2) is 18.4 Å². The SMILES string of the molecule is CCC[C@H](C(=O)NNC(=O)COc1ccc(C#N)cc1)c1ccccc1. The Balaban J connectivity index is 1.83. The van der Waals surface area contributed by atoms with Crippen molar-refractivity contribution >= 4 is 11.8 Å². The summed E-state index contributed by atoms with van der Waals surface area (Å²) in [5, 5.41) is 8.74. The summed E-state index contributed by atoms with van der Waals surface area (Å²) in [6.07, 6.45) is 1.54. The molecule has 134 valence electrons. The molecule has 2 N–H and O–H groups in total. The molecule has 0 bridgehead atoms. The lowest BCUT2D eigenvalue weighted by Crippen LogP contribution is -2.45. The molecule has 0 aromatic heterocycles. The zero-order chi connectivity index (χ0) is 18.8. The van der Waals surface area contributed by atoms with E-state index < -0.39 is 5.91 Å². The molecule has 0 saturated heterocycles. The first-order chi connectivity index (χ1) is 12.6. The number of carbonyl (C=O) groups is 2. The van der Waals surface area contributed by atoms with Crippen molar-refractivity contribution in [3.05, 3.63) is 65.7 Å². The van der Waals surface area contributed by atoms with Crippen LogP contribution >= 0.6 is 0 Å². The van der Waals surface area contributed by atoms with Crippen molar-refractivity contribution in [2.45, 2.75) is 25.7 Å². The summed E-state index contributed by atoms with van der Waals surface area (Å²) in [6.45, 7) is 1.77. The molecule has 6 heteroatoms. The highest BCUT2D eigenvalue weighted by molar-refractivity contribution is 5.86. The lowest BCUT2D eigenvalue weighted by atomic mass is 9.94. The van der Waals surface area contributed by atoms with Gasteiger partial charge in [-0.1, -0.05) is 43.7 Å². The van der Waals surface area contributed by atoms with E-state index in [9.17, 15) is 9.59 Å². The summed E-state index contributed by atoms with van der Waals surface area (Å²) in [4.78, 5) is 24.2. The third-order valence-electron chi connectivity index (χ3n) is 3.77. The Bertz CT molecular complexity index is 767. The van der Waals surface area contributed by atoms with Gasteiger partial charge in [0, 0.05) is 0 Å². The molecule has 1 atom stereocenters. The zero-order valence-corrected chi connectivity index (χ0v) is 14.6. The van der Waals surface area contributed by atoms with E-state index >= 15 is 0 Å². The van der Waals surface area contributed by atoms with Crippen LogP contribution in [0.4, 0.5) is 0 Å². The number of hydrazine groups is 1. The number of nitrogens with zero attached hydrogens (tertiary/aromatic N) is 1. The number of nitriles is 1. The minimum Gasteiger partial charge on any atom is -0.484 e. The molecule has 2 aromatic carbocycles. The van der Waals surface area contributed by atoms with Crippen molar-refractivity contribution < 1.29 is 14.3 Å². The Kier molecular flexibility index (Phi) is 7.19. The Hall–Kier alpha value is -3.33. The fourth-order valence-corrected chi connectivity index (χ4v) is 2.45. The maximum absolute atomic E-state index is 12.4. The molecule has 2 aromatic rings. The molecule has 0 spiro atoms. The number of nitrogens with one attached hydrogen (secondary N) is 2. The van der Waals surface area contributed by atoms with Gasteiger partial charge in [-0.05, 0) is 36.2 Å². The average molecular weight is 351 g/mol. The van der Waals surface area contributed by atoms with Gasteiger partial charge < -0.3 is 4.74 Å². The van der Waals surface area contributed by atoms with Gasteiger partial charge in [0.1, 0.15) is 5.75 Å². The number of benzene rings is 2. The van der Waals surface area contributed by atoms with Crippen LogP contribution in [0.15, 0.2) is 54.6 Å². The second kappa shape index (κ2) is 9.84. The van der Waals surface area contributed by atoms with Crippen LogP contribution in [0.3, 0.4) is 0 Å². The van der Waals surface area contributed by atoms with Crippen molar-refractivity contribution in [1.82, 2.24) is 10.9 Å². The molecule has 26 heavy (non-hydrogen) atoms. The van der Waals surface area contributed by atoms with Gasteiger partial charge in [0.2, 0.25) is 5.91 Å². The van der Waals surface area contributed by atoms with Gasteiger partial charge in [-0.15, -0.1) is 0 Å². The third kappa shape index (κ3) is 5.64. The summed E-state index contributed by atoms with van der Waals surface area (Å²) in [5.74, 6) is -0.574. The maximum atomic E-state index is 12.4. The van der Waals surface area contributed by atoms with Gasteiger partial charge in [-0.2, -0.15) is 5.26 Å². The van der Waals surface area contributed by atoms with Crippen molar-refractivity contribution in [3.63, 3.8) is 0 Å². The van der Waals surface area contributed by atoms with E-state index in [1.165, 1.54) is 0 Å². The minimum atomic E-state index is -0.467. The van der Waals surface area contributed by atoms with Crippen LogP contribution in [0.2, 0.25) is 0 Å². The van der Waals surface area contributed by atoms with Gasteiger partial charge in [0.25, 0.3) is 5.91 Å². The highest BCUT2D eigenvalue weighted by atomic mass is 16.5. The Morgan fingerprint density at radius 2 is 1.77 bits per heavy atom. The largest absolute Gasteiger partial charge is 0.484 e. The summed E-state index contributed by atoms with van der Waals surface area (Å²) >= 11 is 0. The third-order valence-corrected chi connectivity index (χ3v) is 3.77. The van der Waals surface area contributed by atoms with Crippen LogP contribution < -0.4 is 15.6 Å². The standard InChI is InChI=1S/C20H21N3O3/c1-2-6-18(16-7-4-3-5-8-16)20(25)23-22-19(24)14-26-17-11-9-15(13-21)10-12-17/h3-5,7-12,18H,2,6,14H2,1H3,(H,22,24)(H,23,25)/t18-/m0/s1. The highest BCUT2D eigenvalue weighted by Gasteiger charge is 2.20. The topological polar surface area (TPSA) is 91.2 Å². The van der Waals surface area contributed by atoms with Crippen molar-refractivity contribution in [2.24, 2.45) is 0 Å². The van der Waals surface area contributed by atoms with Gasteiger partial charge >= 0.3 is 0 Å². The molecule has 2 rings (SSSR count). The number of ether oxygens (including phenoxy) is 1. The second-order valence-corrected chi connectivity index (χ2v) is 5.71. The fraction of sp³-hybridized carbons (Fsp3) is 0.250. The molecule has 0 radical (unpaired) electrons. The molecule has 0 aliphatic carbocycles. The number of amides is 2. The number of rotatable bonds is 7. The number of carbonyl (C=O) groups excluding carboxylic acids is 2. The fourth-order valence-electron chi connectivity index (χ4n) is 2.45. The Labute approximate surface area is 152 Å². The van der Waals surface area contributed by atoms with E-state index in [0.717, 1.165) is 12.0 Å². The van der Waals surface area contributed by atoms with E-state index in [1.54, 1.807) is 24.3 Å². The molecule has 0 heterocycles. The summed E-state index contributed by atoms with van der Waals surface area (Å²) in [6, 6.07) is 17.9. The first kappa shape index (κ1) is 19.0. The van der Waals surface area contributed by atoms with Gasteiger partial charge in [-0.3, -0.25) is 20.4 Å². The number of hydrogen-bond acceptors (Lipinski definition) is 4. The van der Waals surface area contributed by atoms with Crippen molar-refractivity contribution in [2.75, 3.05) is 6.61 Å². The number of hydrogen-bond donors (Lipinski definition) is 2. The van der Waals surface area contributed by atoms with Crippen LogP contribution in [0.5, 0.6) is 5.75 Å². The molecule has 6 nitrogen and oxygen atoms in total.